The number of rotatable bonds is 4. The second-order valence-corrected chi connectivity index (χ2v) is 5.10. The van der Waals surface area contributed by atoms with Crippen LogP contribution in [0.2, 0.25) is 5.02 Å². The van der Waals surface area contributed by atoms with Gasteiger partial charge in [0, 0.05) is 18.1 Å². The van der Waals surface area contributed by atoms with Crippen molar-refractivity contribution in [1.29, 1.82) is 0 Å². The fourth-order valence-electron chi connectivity index (χ4n) is 2.41. The van der Waals surface area contributed by atoms with Crippen molar-refractivity contribution < 1.29 is 4.79 Å². The van der Waals surface area contributed by atoms with E-state index in [0.717, 1.165) is 5.52 Å². The number of amides is 1. The number of benzene rings is 1. The van der Waals surface area contributed by atoms with Crippen LogP contribution in [-0.4, -0.2) is 33.4 Å². The molecule has 0 aliphatic heterocycles. The molecule has 1 atom stereocenters. The molecule has 0 radical (unpaired) electrons. The van der Waals surface area contributed by atoms with Crippen LogP contribution in [-0.2, 0) is 4.79 Å². The summed E-state index contributed by atoms with van der Waals surface area (Å²) in [5.41, 5.74) is 7.49. The number of imidazole rings is 1. The molecular weight excluding hydrogens is 276 g/mol. The first-order valence-electron chi connectivity index (χ1n) is 6.71. The fourth-order valence-corrected chi connectivity index (χ4v) is 2.57. The highest BCUT2D eigenvalue weighted by atomic mass is 35.5. The summed E-state index contributed by atoms with van der Waals surface area (Å²) < 4.78 is 1.76. The molecular formula is C14H19ClN4O. The molecule has 2 N–H and O–H groups in total. The van der Waals surface area contributed by atoms with Gasteiger partial charge in [0.15, 0.2) is 0 Å². The SMILES string of the molecule is CCN(CC)C(=O)C(C)n1c(N)nc2cc(Cl)ccc21. The third-order valence-electron chi connectivity index (χ3n) is 3.50. The number of aromatic nitrogens is 2. The number of nitrogen functional groups attached to an aromatic ring is 1. The van der Waals surface area contributed by atoms with Gasteiger partial charge in [-0.15, -0.1) is 0 Å². The molecule has 6 heteroatoms. The van der Waals surface area contributed by atoms with E-state index in [9.17, 15) is 4.79 Å². The van der Waals surface area contributed by atoms with E-state index in [1.807, 2.05) is 26.8 Å². The van der Waals surface area contributed by atoms with Gasteiger partial charge in [-0.2, -0.15) is 0 Å². The largest absolute Gasteiger partial charge is 0.369 e. The highest BCUT2D eigenvalue weighted by Gasteiger charge is 2.23. The summed E-state index contributed by atoms with van der Waals surface area (Å²) in [5, 5.41) is 0.602. The minimum absolute atomic E-state index is 0.0379. The molecule has 2 rings (SSSR count). The second-order valence-electron chi connectivity index (χ2n) is 4.66. The summed E-state index contributed by atoms with van der Waals surface area (Å²) in [5.74, 6) is 0.367. The minimum Gasteiger partial charge on any atom is -0.369 e. The Morgan fingerprint density at radius 2 is 2.10 bits per heavy atom. The quantitative estimate of drug-likeness (QED) is 0.943. The lowest BCUT2D eigenvalue weighted by molar-refractivity contribution is -0.133. The van der Waals surface area contributed by atoms with Gasteiger partial charge in [0.2, 0.25) is 11.9 Å². The lowest BCUT2D eigenvalue weighted by Crippen LogP contribution is -2.36. The van der Waals surface area contributed by atoms with Gasteiger partial charge in [-0.25, -0.2) is 4.98 Å². The highest BCUT2D eigenvalue weighted by molar-refractivity contribution is 6.31. The van der Waals surface area contributed by atoms with Crippen LogP contribution in [0.3, 0.4) is 0 Å². The maximum absolute atomic E-state index is 12.5. The lowest BCUT2D eigenvalue weighted by atomic mass is 10.2. The van der Waals surface area contributed by atoms with Gasteiger partial charge >= 0.3 is 0 Å². The standard InChI is InChI=1S/C14H19ClN4O/c1-4-18(5-2)13(20)9(3)19-12-7-6-10(15)8-11(12)17-14(19)16/h6-9H,4-5H2,1-3H3,(H2,16,17). The Morgan fingerprint density at radius 1 is 1.45 bits per heavy atom. The Labute approximate surface area is 123 Å². The van der Waals surface area contributed by atoms with Crippen molar-refractivity contribution >= 4 is 34.5 Å². The lowest BCUT2D eigenvalue weighted by Gasteiger charge is -2.24. The minimum atomic E-state index is -0.388. The summed E-state index contributed by atoms with van der Waals surface area (Å²) in [6.07, 6.45) is 0. The molecule has 0 bridgehead atoms. The number of carbonyl (C=O) groups excluding carboxylic acids is 1. The van der Waals surface area contributed by atoms with Crippen LogP contribution in [0.15, 0.2) is 18.2 Å². The number of anilines is 1. The Balaban J connectivity index is 2.46. The molecule has 0 aliphatic rings. The zero-order valence-corrected chi connectivity index (χ0v) is 12.7. The van der Waals surface area contributed by atoms with E-state index in [-0.39, 0.29) is 11.9 Å². The van der Waals surface area contributed by atoms with Gasteiger partial charge in [0.1, 0.15) is 6.04 Å². The van der Waals surface area contributed by atoms with Crippen LogP contribution in [0.1, 0.15) is 26.8 Å². The number of hydrogen-bond acceptors (Lipinski definition) is 3. The zero-order chi connectivity index (χ0) is 14.9. The maximum atomic E-state index is 12.5. The molecule has 1 aromatic carbocycles. The van der Waals surface area contributed by atoms with Crippen molar-refractivity contribution in [2.24, 2.45) is 0 Å². The van der Waals surface area contributed by atoms with E-state index >= 15 is 0 Å². The molecule has 20 heavy (non-hydrogen) atoms. The number of nitrogens with two attached hydrogens (primary N) is 1. The topological polar surface area (TPSA) is 64.2 Å². The first-order valence-corrected chi connectivity index (χ1v) is 7.09. The van der Waals surface area contributed by atoms with Crippen molar-refractivity contribution in [2.45, 2.75) is 26.8 Å². The summed E-state index contributed by atoms with van der Waals surface area (Å²) >= 11 is 5.95. The van der Waals surface area contributed by atoms with Gasteiger partial charge in [-0.1, -0.05) is 11.6 Å². The molecule has 108 valence electrons. The molecule has 0 spiro atoms. The fraction of sp³-hybridized carbons (Fsp3) is 0.429. The summed E-state index contributed by atoms with van der Waals surface area (Å²) in [6, 6.07) is 4.97. The van der Waals surface area contributed by atoms with Crippen LogP contribution in [0.25, 0.3) is 11.0 Å². The van der Waals surface area contributed by atoms with Crippen molar-refractivity contribution in [3.05, 3.63) is 23.2 Å². The Hall–Kier alpha value is -1.75. The van der Waals surface area contributed by atoms with Crippen LogP contribution >= 0.6 is 11.6 Å². The number of likely N-dealkylation sites (N-methyl/N-ethyl adjacent to an activating group) is 1. The van der Waals surface area contributed by atoms with E-state index in [0.29, 0.717) is 29.6 Å². The Morgan fingerprint density at radius 3 is 2.70 bits per heavy atom. The van der Waals surface area contributed by atoms with Crippen molar-refractivity contribution in [1.82, 2.24) is 14.5 Å². The number of fused-ring (bicyclic) bond motifs is 1. The molecule has 0 aliphatic carbocycles. The molecule has 2 aromatic rings. The van der Waals surface area contributed by atoms with E-state index in [2.05, 4.69) is 4.98 Å². The smallest absolute Gasteiger partial charge is 0.245 e. The van der Waals surface area contributed by atoms with Crippen molar-refractivity contribution in [2.75, 3.05) is 18.8 Å². The number of halogens is 1. The van der Waals surface area contributed by atoms with E-state index in [4.69, 9.17) is 17.3 Å². The molecule has 1 heterocycles. The maximum Gasteiger partial charge on any atom is 0.245 e. The third kappa shape index (κ3) is 2.45. The van der Waals surface area contributed by atoms with Gasteiger partial charge < -0.3 is 10.6 Å². The summed E-state index contributed by atoms with van der Waals surface area (Å²) in [4.78, 5) is 18.5. The Kier molecular flexibility index (Phi) is 4.18. The van der Waals surface area contributed by atoms with Crippen LogP contribution in [0, 0.1) is 0 Å². The first kappa shape index (κ1) is 14.7. The van der Waals surface area contributed by atoms with Gasteiger partial charge in [0.25, 0.3) is 0 Å². The van der Waals surface area contributed by atoms with Crippen LogP contribution in [0.5, 0.6) is 0 Å². The molecule has 0 fully saturated rings. The molecule has 0 saturated carbocycles. The Bertz CT molecular complexity index is 633. The molecule has 1 unspecified atom stereocenters. The van der Waals surface area contributed by atoms with Crippen molar-refractivity contribution in [3.8, 4) is 0 Å². The summed E-state index contributed by atoms with van der Waals surface area (Å²) in [6.45, 7) is 7.12. The van der Waals surface area contributed by atoms with E-state index in [1.165, 1.54) is 0 Å². The van der Waals surface area contributed by atoms with Gasteiger partial charge in [-0.05, 0) is 39.0 Å². The second kappa shape index (κ2) is 5.71. The first-order chi connectivity index (χ1) is 9.49. The number of hydrogen-bond donors (Lipinski definition) is 1. The van der Waals surface area contributed by atoms with E-state index < -0.39 is 0 Å². The third-order valence-corrected chi connectivity index (χ3v) is 3.73. The average Bonchev–Trinajstić information content (AvgIpc) is 2.74. The normalized spacial score (nSPS) is 12.6. The molecule has 1 aromatic heterocycles. The molecule has 0 saturated heterocycles. The molecule has 5 nitrogen and oxygen atoms in total. The van der Waals surface area contributed by atoms with E-state index in [1.54, 1.807) is 21.6 Å². The van der Waals surface area contributed by atoms with Gasteiger partial charge in [-0.3, -0.25) is 9.36 Å². The summed E-state index contributed by atoms with van der Waals surface area (Å²) in [7, 11) is 0. The monoisotopic (exact) mass is 294 g/mol. The average molecular weight is 295 g/mol. The number of carbonyl (C=O) groups is 1. The molecule has 1 amide bonds. The van der Waals surface area contributed by atoms with Gasteiger partial charge in [0.05, 0.1) is 11.0 Å². The van der Waals surface area contributed by atoms with Crippen molar-refractivity contribution in [3.63, 3.8) is 0 Å². The predicted molar refractivity (Wildman–Crippen MR) is 81.8 cm³/mol. The zero-order valence-electron chi connectivity index (χ0n) is 11.9. The predicted octanol–water partition coefficient (Wildman–Crippen LogP) is 2.70. The van der Waals surface area contributed by atoms with Crippen LogP contribution in [0.4, 0.5) is 5.95 Å². The highest BCUT2D eigenvalue weighted by Crippen LogP contribution is 2.26. The van der Waals surface area contributed by atoms with Crippen LogP contribution < -0.4 is 5.73 Å². The number of nitrogens with zero attached hydrogens (tertiary/aromatic N) is 3.